The Kier molecular flexibility index (Phi) is 13.4. The molecule has 0 spiro atoms. The van der Waals surface area contributed by atoms with Crippen LogP contribution in [0.2, 0.25) is 0 Å². The van der Waals surface area contributed by atoms with Gasteiger partial charge >= 0.3 is 0 Å². The zero-order chi connectivity index (χ0) is 22.9. The fraction of sp³-hybridized carbons (Fsp3) is 0.500. The number of rotatable bonds is 18. The van der Waals surface area contributed by atoms with Crippen molar-refractivity contribution in [3.05, 3.63) is 48.0 Å². The quantitative estimate of drug-likeness (QED) is 0.294. The van der Waals surface area contributed by atoms with Crippen LogP contribution in [-0.4, -0.2) is 88.0 Å². The summed E-state index contributed by atoms with van der Waals surface area (Å²) in [7, 11) is 0. The molecule has 0 fully saturated rings. The molecule has 2 rings (SSSR count). The molecule has 0 heterocycles. The lowest BCUT2D eigenvalue weighted by Gasteiger charge is -2.16. The average Bonchev–Trinajstić information content (AvgIpc) is 2.82. The first-order chi connectivity index (χ1) is 15.8. The summed E-state index contributed by atoms with van der Waals surface area (Å²) in [5.74, 6) is 1.45. The maximum atomic E-state index is 8.95. The first kappa shape index (κ1) is 26.1. The Morgan fingerprint density at radius 2 is 1.22 bits per heavy atom. The summed E-state index contributed by atoms with van der Waals surface area (Å²) in [6, 6.07) is 14.7. The predicted octanol–water partition coefficient (Wildman–Crippen LogP) is 1.48. The van der Waals surface area contributed by atoms with Gasteiger partial charge in [-0.05, 0) is 35.4 Å². The van der Waals surface area contributed by atoms with Gasteiger partial charge in [-0.15, -0.1) is 0 Å². The molecule has 8 nitrogen and oxygen atoms in total. The number of hydrogen-bond donors (Lipinski definition) is 3. The molecular formula is C24H33O8. The second kappa shape index (κ2) is 16.4. The largest absolute Gasteiger partial charge is 0.491 e. The molecular weight excluding hydrogens is 416 g/mol. The molecule has 3 N–H and O–H groups in total. The molecule has 177 valence electrons. The second-order valence-electron chi connectivity index (χ2n) is 6.67. The maximum absolute atomic E-state index is 8.95. The van der Waals surface area contributed by atoms with E-state index in [-0.39, 0.29) is 33.0 Å². The molecule has 0 amide bonds. The van der Waals surface area contributed by atoms with Gasteiger partial charge in [-0.25, -0.2) is 0 Å². The Morgan fingerprint density at radius 3 is 1.84 bits per heavy atom. The minimum atomic E-state index is -0.0220. The molecule has 2 aromatic rings. The molecule has 0 saturated carbocycles. The van der Waals surface area contributed by atoms with E-state index in [4.69, 9.17) is 39.0 Å². The van der Waals surface area contributed by atoms with Crippen LogP contribution in [-0.2, 0) is 20.6 Å². The first-order valence-electron chi connectivity index (χ1n) is 10.8. The highest BCUT2D eigenvalue weighted by atomic mass is 16.5. The van der Waals surface area contributed by atoms with Crippen LogP contribution in [0.1, 0.15) is 5.56 Å². The normalized spacial score (nSPS) is 11.0. The predicted molar refractivity (Wildman–Crippen MR) is 119 cm³/mol. The summed E-state index contributed by atoms with van der Waals surface area (Å²) >= 11 is 0. The highest BCUT2D eigenvalue weighted by Crippen LogP contribution is 2.32. The molecule has 0 atom stereocenters. The summed E-state index contributed by atoms with van der Waals surface area (Å²) < 4.78 is 27.5. The van der Waals surface area contributed by atoms with Crippen LogP contribution >= 0.6 is 0 Å². The molecule has 0 unspecified atom stereocenters. The van der Waals surface area contributed by atoms with E-state index < -0.39 is 0 Å². The molecule has 0 saturated heterocycles. The standard InChI is InChI=1S/C24H33O8/c25-9-13-28-12-8-23-22(2-1-3-24(23)32-19-17-30-15-11-27)20-4-6-21(7-5-20)31-18-16-29-14-10-26/h1,3-7,25-27H,8-19H2. The van der Waals surface area contributed by atoms with Crippen LogP contribution in [0.3, 0.4) is 0 Å². The Hall–Kier alpha value is -2.20. The van der Waals surface area contributed by atoms with Gasteiger partial charge < -0.3 is 39.0 Å². The molecule has 8 heteroatoms. The second-order valence-corrected chi connectivity index (χ2v) is 6.67. The fourth-order valence-corrected chi connectivity index (χ4v) is 2.97. The summed E-state index contributed by atoms with van der Waals surface area (Å²) in [4.78, 5) is 0. The summed E-state index contributed by atoms with van der Waals surface area (Å²) in [6.07, 6.45) is 0.597. The van der Waals surface area contributed by atoms with Crippen molar-refractivity contribution in [1.82, 2.24) is 0 Å². The topological polar surface area (TPSA) is 107 Å². The van der Waals surface area contributed by atoms with Crippen LogP contribution in [0, 0.1) is 6.07 Å². The highest BCUT2D eigenvalue weighted by Gasteiger charge is 2.12. The zero-order valence-electron chi connectivity index (χ0n) is 18.3. The van der Waals surface area contributed by atoms with Crippen molar-refractivity contribution in [2.24, 2.45) is 0 Å². The van der Waals surface area contributed by atoms with Crippen LogP contribution in [0.5, 0.6) is 11.5 Å². The molecule has 0 aliphatic heterocycles. The van der Waals surface area contributed by atoms with Crippen molar-refractivity contribution < 1.29 is 39.0 Å². The third kappa shape index (κ3) is 9.52. The van der Waals surface area contributed by atoms with Crippen molar-refractivity contribution in [1.29, 1.82) is 0 Å². The molecule has 2 aromatic carbocycles. The van der Waals surface area contributed by atoms with Crippen molar-refractivity contribution in [2.75, 3.05) is 72.7 Å². The van der Waals surface area contributed by atoms with E-state index >= 15 is 0 Å². The van der Waals surface area contributed by atoms with Gasteiger partial charge in [-0.3, -0.25) is 0 Å². The third-order valence-corrected chi connectivity index (χ3v) is 4.39. The lowest BCUT2D eigenvalue weighted by Crippen LogP contribution is -2.11. The Morgan fingerprint density at radius 1 is 0.625 bits per heavy atom. The van der Waals surface area contributed by atoms with E-state index in [0.29, 0.717) is 46.1 Å². The summed E-state index contributed by atoms with van der Waals surface area (Å²) in [5.41, 5.74) is 2.83. The van der Waals surface area contributed by atoms with Gasteiger partial charge in [0.05, 0.1) is 59.5 Å². The van der Waals surface area contributed by atoms with Gasteiger partial charge in [-0.2, -0.15) is 0 Å². The van der Waals surface area contributed by atoms with E-state index in [9.17, 15) is 0 Å². The third-order valence-electron chi connectivity index (χ3n) is 4.39. The van der Waals surface area contributed by atoms with Gasteiger partial charge in [0, 0.05) is 12.0 Å². The number of aliphatic hydroxyl groups is 3. The Balaban J connectivity index is 2.07. The van der Waals surface area contributed by atoms with E-state index in [0.717, 1.165) is 28.2 Å². The molecule has 1 radical (unpaired) electrons. The van der Waals surface area contributed by atoms with E-state index in [1.54, 1.807) is 0 Å². The average molecular weight is 450 g/mol. The SMILES string of the molecule is OCCOCCOc1ccc(-c2[c]ccc(OCCOCCO)c2CCOCCO)cc1. The van der Waals surface area contributed by atoms with Gasteiger partial charge in [0.25, 0.3) is 0 Å². The number of aliphatic hydroxyl groups excluding tert-OH is 3. The van der Waals surface area contributed by atoms with Crippen molar-refractivity contribution >= 4 is 0 Å². The van der Waals surface area contributed by atoms with Crippen molar-refractivity contribution in [2.45, 2.75) is 6.42 Å². The monoisotopic (exact) mass is 449 g/mol. The van der Waals surface area contributed by atoms with Gasteiger partial charge in [0.2, 0.25) is 0 Å². The Labute approximate surface area is 189 Å². The smallest absolute Gasteiger partial charge is 0.123 e. The van der Waals surface area contributed by atoms with E-state index in [1.807, 2.05) is 36.4 Å². The van der Waals surface area contributed by atoms with Crippen LogP contribution in [0.4, 0.5) is 0 Å². The van der Waals surface area contributed by atoms with Gasteiger partial charge in [0.1, 0.15) is 24.7 Å². The van der Waals surface area contributed by atoms with Crippen molar-refractivity contribution in [3.8, 4) is 22.6 Å². The lowest BCUT2D eigenvalue weighted by atomic mass is 9.97. The molecule has 0 aliphatic rings. The van der Waals surface area contributed by atoms with E-state index in [2.05, 4.69) is 6.07 Å². The number of benzene rings is 2. The lowest BCUT2D eigenvalue weighted by molar-refractivity contribution is 0.0699. The minimum absolute atomic E-state index is 0.00294. The number of ether oxygens (including phenoxy) is 5. The highest BCUT2D eigenvalue weighted by molar-refractivity contribution is 5.70. The Bertz CT molecular complexity index is 735. The number of hydrogen-bond acceptors (Lipinski definition) is 8. The van der Waals surface area contributed by atoms with Gasteiger partial charge in [0.15, 0.2) is 0 Å². The van der Waals surface area contributed by atoms with Crippen LogP contribution in [0.15, 0.2) is 36.4 Å². The fourth-order valence-electron chi connectivity index (χ4n) is 2.97. The van der Waals surface area contributed by atoms with E-state index in [1.165, 1.54) is 0 Å². The summed E-state index contributed by atoms with van der Waals surface area (Å²) in [5, 5.41) is 26.5. The maximum Gasteiger partial charge on any atom is 0.123 e. The minimum Gasteiger partial charge on any atom is -0.491 e. The first-order valence-corrected chi connectivity index (χ1v) is 10.8. The van der Waals surface area contributed by atoms with Gasteiger partial charge in [-0.1, -0.05) is 18.2 Å². The molecule has 0 bridgehead atoms. The van der Waals surface area contributed by atoms with Crippen molar-refractivity contribution in [3.63, 3.8) is 0 Å². The summed E-state index contributed by atoms with van der Waals surface area (Å²) in [6.45, 7) is 2.81. The van der Waals surface area contributed by atoms with Crippen LogP contribution in [0.25, 0.3) is 11.1 Å². The zero-order valence-corrected chi connectivity index (χ0v) is 18.3. The molecule has 0 aliphatic carbocycles. The van der Waals surface area contributed by atoms with Crippen LogP contribution < -0.4 is 9.47 Å². The molecule has 32 heavy (non-hydrogen) atoms. The molecule has 0 aromatic heterocycles.